The molecule has 1 aliphatic heterocycles. The van der Waals surface area contributed by atoms with Gasteiger partial charge in [-0.3, -0.25) is 9.59 Å². The van der Waals surface area contributed by atoms with Gasteiger partial charge in [0.2, 0.25) is 21.8 Å². The first-order chi connectivity index (χ1) is 14.6. The second-order valence-electron chi connectivity index (χ2n) is 7.29. The lowest BCUT2D eigenvalue weighted by Crippen LogP contribution is -2.33. The second kappa shape index (κ2) is 8.91. The molecule has 2 aromatic rings. The molecule has 1 N–H and O–H groups in total. The lowest BCUT2D eigenvalue weighted by molar-refractivity contribution is -0.129. The van der Waals surface area contributed by atoms with Crippen LogP contribution in [0.1, 0.15) is 30.5 Å². The number of anilines is 1. The number of nitrogens with one attached hydrogen (secondary N) is 1. The predicted molar refractivity (Wildman–Crippen MR) is 118 cm³/mol. The van der Waals surface area contributed by atoms with Gasteiger partial charge in [0.15, 0.2) is 0 Å². The average molecular weight is 444 g/mol. The fraction of sp³-hybridized carbons (Fsp3) is 0.273. The van der Waals surface area contributed by atoms with Crippen molar-refractivity contribution in [2.24, 2.45) is 0 Å². The molecule has 0 aliphatic carbocycles. The lowest BCUT2D eigenvalue weighted by Gasteiger charge is -2.32. The maximum Gasteiger partial charge on any atom is 0.242 e. The Morgan fingerprint density at radius 3 is 2.52 bits per heavy atom. The van der Waals surface area contributed by atoms with Crippen LogP contribution >= 0.6 is 0 Å². The van der Waals surface area contributed by atoms with Crippen molar-refractivity contribution >= 4 is 33.6 Å². The molecule has 3 rings (SSSR count). The van der Waals surface area contributed by atoms with Crippen molar-refractivity contribution in [1.82, 2.24) is 9.21 Å². The number of amides is 2. The number of ether oxygens (including phenoxy) is 1. The van der Waals surface area contributed by atoms with Crippen LogP contribution in [-0.2, 0) is 19.6 Å². The fourth-order valence-corrected chi connectivity index (χ4v) is 4.37. The number of fused-ring (bicyclic) bond motifs is 1. The highest BCUT2D eigenvalue weighted by Crippen LogP contribution is 2.34. The minimum atomic E-state index is -3.68. The molecule has 31 heavy (non-hydrogen) atoms. The van der Waals surface area contributed by atoms with Gasteiger partial charge in [0.1, 0.15) is 5.75 Å². The molecule has 1 heterocycles. The van der Waals surface area contributed by atoms with E-state index in [0.29, 0.717) is 5.75 Å². The Bertz CT molecular complexity index is 1140. The molecule has 1 atom stereocenters. The van der Waals surface area contributed by atoms with Gasteiger partial charge in [0.05, 0.1) is 30.2 Å². The Morgan fingerprint density at radius 2 is 1.87 bits per heavy atom. The van der Waals surface area contributed by atoms with Gasteiger partial charge in [-0.05, 0) is 35.4 Å². The van der Waals surface area contributed by atoms with Crippen LogP contribution < -0.4 is 10.1 Å². The van der Waals surface area contributed by atoms with Crippen molar-refractivity contribution in [2.45, 2.75) is 24.3 Å². The van der Waals surface area contributed by atoms with E-state index in [1.54, 1.807) is 6.20 Å². The van der Waals surface area contributed by atoms with E-state index in [-0.39, 0.29) is 28.8 Å². The van der Waals surface area contributed by atoms with Crippen LogP contribution in [0.25, 0.3) is 6.08 Å². The highest BCUT2D eigenvalue weighted by Gasteiger charge is 2.28. The van der Waals surface area contributed by atoms with E-state index in [1.807, 2.05) is 30.3 Å². The van der Waals surface area contributed by atoms with E-state index < -0.39 is 16.1 Å². The molecule has 8 nitrogen and oxygen atoms in total. The number of hydrogen-bond acceptors (Lipinski definition) is 5. The van der Waals surface area contributed by atoms with Crippen LogP contribution in [-0.4, -0.2) is 50.6 Å². The SMILES string of the molecule is COc1ccc(S(=O)(=O)N(C)C)cc1NC(=O)C[C@H]1c2ccccc2C=CN1C(C)=O. The number of benzene rings is 2. The summed E-state index contributed by atoms with van der Waals surface area (Å²) in [5.41, 5.74) is 2.05. The van der Waals surface area contributed by atoms with Crippen molar-refractivity contribution in [3.63, 3.8) is 0 Å². The zero-order valence-electron chi connectivity index (χ0n) is 17.8. The van der Waals surface area contributed by atoms with Gasteiger partial charge in [-0.1, -0.05) is 24.3 Å². The summed E-state index contributed by atoms with van der Waals surface area (Å²) in [7, 11) is 0.618. The summed E-state index contributed by atoms with van der Waals surface area (Å²) in [6, 6.07) is 11.4. The van der Waals surface area contributed by atoms with E-state index in [2.05, 4.69) is 5.32 Å². The van der Waals surface area contributed by atoms with Gasteiger partial charge in [-0.25, -0.2) is 12.7 Å². The van der Waals surface area contributed by atoms with Crippen LogP contribution in [0.15, 0.2) is 53.6 Å². The Kier molecular flexibility index (Phi) is 6.47. The quantitative estimate of drug-likeness (QED) is 0.741. The van der Waals surface area contributed by atoms with Gasteiger partial charge < -0.3 is 15.0 Å². The normalized spacial score (nSPS) is 15.5. The maximum absolute atomic E-state index is 12.9. The topological polar surface area (TPSA) is 96.0 Å². The van der Waals surface area contributed by atoms with Crippen LogP contribution in [0, 0.1) is 0 Å². The van der Waals surface area contributed by atoms with Crippen LogP contribution in [0.3, 0.4) is 0 Å². The molecule has 2 aromatic carbocycles. The largest absolute Gasteiger partial charge is 0.495 e. The standard InChI is InChI=1S/C22H25N3O5S/c1-15(26)25-12-11-16-7-5-6-8-18(16)20(25)14-22(27)23-19-13-17(9-10-21(19)30-4)31(28,29)24(2)3/h5-13,20H,14H2,1-4H3,(H,23,27)/t20-/m0/s1. The van der Waals surface area contributed by atoms with Crippen molar-refractivity contribution < 1.29 is 22.7 Å². The molecular weight excluding hydrogens is 418 g/mol. The zero-order chi connectivity index (χ0) is 22.8. The number of hydrogen-bond donors (Lipinski definition) is 1. The van der Waals surface area contributed by atoms with Crippen molar-refractivity contribution in [3.05, 3.63) is 59.8 Å². The van der Waals surface area contributed by atoms with Crippen molar-refractivity contribution in [1.29, 1.82) is 0 Å². The zero-order valence-corrected chi connectivity index (χ0v) is 18.6. The van der Waals surface area contributed by atoms with E-state index in [9.17, 15) is 18.0 Å². The number of methoxy groups -OCH3 is 1. The van der Waals surface area contributed by atoms with Crippen LogP contribution in [0.5, 0.6) is 5.75 Å². The molecule has 0 unspecified atom stereocenters. The third-order valence-corrected chi connectivity index (χ3v) is 6.88. The van der Waals surface area contributed by atoms with Gasteiger partial charge in [-0.15, -0.1) is 0 Å². The van der Waals surface area contributed by atoms with E-state index in [4.69, 9.17) is 4.74 Å². The van der Waals surface area contributed by atoms with Crippen LogP contribution in [0.2, 0.25) is 0 Å². The highest BCUT2D eigenvalue weighted by molar-refractivity contribution is 7.89. The van der Waals surface area contributed by atoms with E-state index >= 15 is 0 Å². The molecule has 0 radical (unpaired) electrons. The smallest absolute Gasteiger partial charge is 0.242 e. The number of rotatable bonds is 6. The minimum Gasteiger partial charge on any atom is -0.495 e. The number of carbonyl (C=O) groups excluding carboxylic acids is 2. The first-order valence-corrected chi connectivity index (χ1v) is 11.1. The molecule has 9 heteroatoms. The molecule has 1 aliphatic rings. The molecule has 0 saturated carbocycles. The van der Waals surface area contributed by atoms with Crippen molar-refractivity contribution in [2.75, 3.05) is 26.5 Å². The van der Waals surface area contributed by atoms with Gasteiger partial charge >= 0.3 is 0 Å². The first-order valence-electron chi connectivity index (χ1n) is 9.61. The van der Waals surface area contributed by atoms with Gasteiger partial charge in [0.25, 0.3) is 0 Å². The molecular formula is C22H25N3O5S. The first kappa shape index (κ1) is 22.5. The summed E-state index contributed by atoms with van der Waals surface area (Å²) in [4.78, 5) is 26.6. The second-order valence-corrected chi connectivity index (χ2v) is 9.44. The highest BCUT2D eigenvalue weighted by atomic mass is 32.2. The molecule has 164 valence electrons. The Hall–Kier alpha value is -3.17. The fourth-order valence-electron chi connectivity index (χ4n) is 3.45. The number of carbonyl (C=O) groups is 2. The summed E-state index contributed by atoms with van der Waals surface area (Å²) >= 11 is 0. The third-order valence-electron chi connectivity index (χ3n) is 5.07. The number of sulfonamides is 1. The lowest BCUT2D eigenvalue weighted by atomic mass is 9.93. The van der Waals surface area contributed by atoms with Gasteiger partial charge in [-0.2, -0.15) is 0 Å². The molecule has 0 saturated heterocycles. The molecule has 0 aromatic heterocycles. The molecule has 0 fully saturated rings. The predicted octanol–water partition coefficient (Wildman–Crippen LogP) is 2.85. The maximum atomic E-state index is 12.9. The minimum absolute atomic E-state index is 0.00521. The Balaban J connectivity index is 1.89. The summed E-state index contributed by atoms with van der Waals surface area (Å²) in [5.74, 6) is -0.224. The molecule has 2 amide bonds. The molecule has 0 spiro atoms. The Labute approximate surface area is 182 Å². The van der Waals surface area contributed by atoms with Crippen LogP contribution in [0.4, 0.5) is 5.69 Å². The monoisotopic (exact) mass is 443 g/mol. The molecule has 0 bridgehead atoms. The average Bonchev–Trinajstić information content (AvgIpc) is 2.73. The Morgan fingerprint density at radius 1 is 1.16 bits per heavy atom. The third kappa shape index (κ3) is 4.62. The van der Waals surface area contributed by atoms with E-state index in [1.165, 1.54) is 51.2 Å². The van der Waals surface area contributed by atoms with Crippen molar-refractivity contribution in [3.8, 4) is 5.75 Å². The summed E-state index contributed by atoms with van der Waals surface area (Å²) in [5, 5.41) is 2.74. The van der Waals surface area contributed by atoms with E-state index in [0.717, 1.165) is 15.4 Å². The summed E-state index contributed by atoms with van der Waals surface area (Å²) < 4.78 is 31.3. The van der Waals surface area contributed by atoms with Gasteiger partial charge in [0, 0.05) is 27.2 Å². The summed E-state index contributed by atoms with van der Waals surface area (Å²) in [6.45, 7) is 1.45. The number of nitrogens with zero attached hydrogens (tertiary/aromatic N) is 2. The summed E-state index contributed by atoms with van der Waals surface area (Å²) in [6.07, 6.45) is 3.51.